The maximum atomic E-state index is 12.4. The molecule has 1 aliphatic heterocycles. The van der Waals surface area contributed by atoms with Crippen LogP contribution < -0.4 is 5.32 Å². The van der Waals surface area contributed by atoms with Crippen molar-refractivity contribution >= 4 is 5.91 Å². The topological polar surface area (TPSA) is 58.4 Å². The Bertz CT molecular complexity index is 767. The minimum Gasteiger partial charge on any atom is -0.441 e. The number of nitrogens with zero attached hydrogens (tertiary/aromatic N) is 2. The van der Waals surface area contributed by atoms with Crippen LogP contribution >= 0.6 is 0 Å². The number of piperidine rings is 1. The third-order valence-corrected chi connectivity index (χ3v) is 5.58. The van der Waals surface area contributed by atoms with E-state index in [2.05, 4.69) is 48.3 Å². The Hall–Kier alpha value is -2.14. The lowest BCUT2D eigenvalue weighted by Gasteiger charge is -2.31. The number of carbonyl (C=O) groups excluding carboxylic acids is 1. The van der Waals surface area contributed by atoms with E-state index in [1.54, 1.807) is 0 Å². The molecule has 1 fully saturated rings. The number of hydrogen-bond acceptors (Lipinski definition) is 4. The second kappa shape index (κ2) is 9.87. The number of amides is 1. The average molecular weight is 384 g/mol. The first-order chi connectivity index (χ1) is 13.6. The van der Waals surface area contributed by atoms with Crippen molar-refractivity contribution in [3.63, 3.8) is 0 Å². The molecule has 0 spiro atoms. The molecule has 1 aromatic carbocycles. The second-order valence-electron chi connectivity index (χ2n) is 7.79. The highest BCUT2D eigenvalue weighted by Gasteiger charge is 2.26. The summed E-state index contributed by atoms with van der Waals surface area (Å²) in [6, 6.07) is 8.40. The second-order valence-corrected chi connectivity index (χ2v) is 7.79. The first kappa shape index (κ1) is 20.6. The van der Waals surface area contributed by atoms with Crippen molar-refractivity contribution in [1.82, 2.24) is 15.2 Å². The summed E-state index contributed by atoms with van der Waals surface area (Å²) >= 11 is 0. The molecule has 1 atom stereocenters. The van der Waals surface area contributed by atoms with Crippen LogP contribution in [0.3, 0.4) is 0 Å². The monoisotopic (exact) mass is 383 g/mol. The van der Waals surface area contributed by atoms with Gasteiger partial charge in [-0.3, -0.25) is 9.69 Å². The molecule has 1 N–H and O–H groups in total. The lowest BCUT2D eigenvalue weighted by Crippen LogP contribution is -2.43. The molecular formula is C23H33N3O2. The lowest BCUT2D eigenvalue weighted by molar-refractivity contribution is -0.126. The van der Waals surface area contributed by atoms with Crippen LogP contribution in [0.2, 0.25) is 0 Å². The summed E-state index contributed by atoms with van der Waals surface area (Å²) in [7, 11) is 0. The summed E-state index contributed by atoms with van der Waals surface area (Å²) in [6.07, 6.45) is 5.20. The Morgan fingerprint density at radius 2 is 2.07 bits per heavy atom. The summed E-state index contributed by atoms with van der Waals surface area (Å²) in [4.78, 5) is 19.5. The Morgan fingerprint density at radius 1 is 1.29 bits per heavy atom. The van der Waals surface area contributed by atoms with Gasteiger partial charge in [0.05, 0.1) is 11.6 Å². The van der Waals surface area contributed by atoms with Crippen molar-refractivity contribution in [1.29, 1.82) is 0 Å². The highest BCUT2D eigenvalue weighted by molar-refractivity contribution is 5.78. The molecule has 1 amide bonds. The zero-order chi connectivity index (χ0) is 19.9. The van der Waals surface area contributed by atoms with E-state index in [0.29, 0.717) is 5.89 Å². The lowest BCUT2D eigenvalue weighted by atomic mass is 9.97. The zero-order valence-electron chi connectivity index (χ0n) is 17.5. The Balaban J connectivity index is 1.61. The highest BCUT2D eigenvalue weighted by atomic mass is 16.4. The number of hydrogen-bond donors (Lipinski definition) is 1. The number of aromatic nitrogens is 1. The van der Waals surface area contributed by atoms with E-state index in [4.69, 9.17) is 9.40 Å². The summed E-state index contributed by atoms with van der Waals surface area (Å²) < 4.78 is 5.94. The zero-order valence-corrected chi connectivity index (χ0v) is 17.5. The van der Waals surface area contributed by atoms with Crippen molar-refractivity contribution in [3.8, 4) is 11.5 Å². The SMILES string of the molecule is CCCCNC(=O)C1CCCN(Cc2nc(-c3ccc(CC)cc3)oc2C)C1. The quantitative estimate of drug-likeness (QED) is 0.689. The van der Waals surface area contributed by atoms with Crippen LogP contribution in [-0.4, -0.2) is 35.4 Å². The fraction of sp³-hybridized carbons (Fsp3) is 0.565. The van der Waals surface area contributed by atoms with Crippen molar-refractivity contribution in [2.75, 3.05) is 19.6 Å². The maximum Gasteiger partial charge on any atom is 0.226 e. The van der Waals surface area contributed by atoms with Gasteiger partial charge in [-0.2, -0.15) is 0 Å². The predicted octanol–water partition coefficient (Wildman–Crippen LogP) is 4.34. The third-order valence-electron chi connectivity index (χ3n) is 5.58. The van der Waals surface area contributed by atoms with Crippen molar-refractivity contribution in [2.24, 2.45) is 5.92 Å². The minimum atomic E-state index is 0.0823. The normalized spacial score (nSPS) is 17.6. The van der Waals surface area contributed by atoms with Gasteiger partial charge in [0.15, 0.2) is 0 Å². The molecule has 3 rings (SSSR count). The molecule has 2 aromatic rings. The number of carbonyl (C=O) groups is 1. The molecule has 5 heteroatoms. The fourth-order valence-corrected chi connectivity index (χ4v) is 3.74. The molecule has 1 aliphatic rings. The Morgan fingerprint density at radius 3 is 2.79 bits per heavy atom. The van der Waals surface area contributed by atoms with Gasteiger partial charge < -0.3 is 9.73 Å². The minimum absolute atomic E-state index is 0.0823. The third kappa shape index (κ3) is 5.22. The van der Waals surface area contributed by atoms with E-state index in [1.807, 2.05) is 6.92 Å². The van der Waals surface area contributed by atoms with Gasteiger partial charge in [0.25, 0.3) is 0 Å². The molecule has 0 saturated carbocycles. The molecular weight excluding hydrogens is 350 g/mol. The van der Waals surface area contributed by atoms with Gasteiger partial charge in [-0.25, -0.2) is 4.98 Å². The molecule has 5 nitrogen and oxygen atoms in total. The van der Waals surface area contributed by atoms with E-state index in [9.17, 15) is 4.79 Å². The van der Waals surface area contributed by atoms with Crippen LogP contribution in [0.4, 0.5) is 0 Å². The highest BCUT2D eigenvalue weighted by Crippen LogP contribution is 2.25. The fourth-order valence-electron chi connectivity index (χ4n) is 3.74. The number of aryl methyl sites for hydroxylation is 2. The van der Waals surface area contributed by atoms with Gasteiger partial charge in [0, 0.05) is 25.2 Å². The molecule has 0 bridgehead atoms. The van der Waals surface area contributed by atoms with Gasteiger partial charge in [-0.15, -0.1) is 0 Å². The summed E-state index contributed by atoms with van der Waals surface area (Å²) in [5.41, 5.74) is 3.30. The molecule has 0 radical (unpaired) electrons. The van der Waals surface area contributed by atoms with Crippen molar-refractivity contribution < 1.29 is 9.21 Å². The molecule has 2 heterocycles. The first-order valence-corrected chi connectivity index (χ1v) is 10.7. The van der Waals surface area contributed by atoms with Gasteiger partial charge in [-0.05, 0) is 56.8 Å². The van der Waals surface area contributed by atoms with Gasteiger partial charge >= 0.3 is 0 Å². The van der Waals surface area contributed by atoms with E-state index < -0.39 is 0 Å². The summed E-state index contributed by atoms with van der Waals surface area (Å²) in [5.74, 6) is 1.83. The van der Waals surface area contributed by atoms with E-state index in [-0.39, 0.29) is 11.8 Å². The number of benzene rings is 1. The summed E-state index contributed by atoms with van der Waals surface area (Å²) in [5, 5.41) is 3.08. The van der Waals surface area contributed by atoms with E-state index >= 15 is 0 Å². The van der Waals surface area contributed by atoms with Crippen molar-refractivity contribution in [3.05, 3.63) is 41.3 Å². The standard InChI is InChI=1S/C23H33N3O2/c1-4-6-13-24-22(27)20-8-7-14-26(15-20)16-21-17(3)28-23(25-21)19-11-9-18(5-2)10-12-19/h9-12,20H,4-8,13-16H2,1-3H3,(H,24,27). The smallest absolute Gasteiger partial charge is 0.226 e. The number of likely N-dealkylation sites (tertiary alicyclic amines) is 1. The average Bonchev–Trinajstić information content (AvgIpc) is 3.08. The molecule has 1 saturated heterocycles. The molecule has 28 heavy (non-hydrogen) atoms. The van der Waals surface area contributed by atoms with Crippen molar-refractivity contribution in [2.45, 2.75) is 59.4 Å². The summed E-state index contributed by atoms with van der Waals surface area (Å²) in [6.45, 7) is 9.59. The van der Waals surface area contributed by atoms with Crippen LogP contribution in [0.5, 0.6) is 0 Å². The van der Waals surface area contributed by atoms with E-state index in [1.165, 1.54) is 5.56 Å². The number of rotatable bonds is 8. The maximum absolute atomic E-state index is 12.4. The van der Waals surface area contributed by atoms with Crippen LogP contribution in [0.15, 0.2) is 28.7 Å². The van der Waals surface area contributed by atoms with Crippen LogP contribution in [0.1, 0.15) is 56.5 Å². The van der Waals surface area contributed by atoms with Crippen LogP contribution in [0, 0.1) is 12.8 Å². The molecule has 0 aliphatic carbocycles. The van der Waals surface area contributed by atoms with E-state index in [0.717, 1.165) is 75.3 Å². The first-order valence-electron chi connectivity index (χ1n) is 10.7. The largest absolute Gasteiger partial charge is 0.441 e. The predicted molar refractivity (Wildman–Crippen MR) is 112 cm³/mol. The number of unbranched alkanes of at least 4 members (excludes halogenated alkanes) is 1. The molecule has 1 unspecified atom stereocenters. The van der Waals surface area contributed by atoms with Gasteiger partial charge in [0.1, 0.15) is 5.76 Å². The Labute approximate surface area is 168 Å². The van der Waals surface area contributed by atoms with Crippen LogP contribution in [0.25, 0.3) is 11.5 Å². The van der Waals surface area contributed by atoms with Crippen LogP contribution in [-0.2, 0) is 17.8 Å². The van der Waals surface area contributed by atoms with Gasteiger partial charge in [0.2, 0.25) is 11.8 Å². The molecule has 1 aromatic heterocycles. The number of oxazole rings is 1. The Kier molecular flexibility index (Phi) is 7.26. The number of nitrogens with one attached hydrogen (secondary N) is 1. The molecule has 152 valence electrons. The van der Waals surface area contributed by atoms with Gasteiger partial charge in [-0.1, -0.05) is 32.4 Å².